The molecule has 118 valence electrons. The van der Waals surface area contributed by atoms with Crippen molar-refractivity contribution in [1.29, 1.82) is 0 Å². The van der Waals surface area contributed by atoms with Gasteiger partial charge in [-0.15, -0.1) is 11.8 Å². The molecule has 3 rings (SSSR count). The fourth-order valence-corrected chi connectivity index (χ4v) is 2.70. The Bertz CT molecular complexity index is 704. The van der Waals surface area contributed by atoms with Crippen LogP contribution in [0.1, 0.15) is 5.56 Å². The number of oxime groups is 1. The molecule has 1 aromatic carbocycles. The third kappa shape index (κ3) is 3.65. The predicted octanol–water partition coefficient (Wildman–Crippen LogP) is 3.60. The summed E-state index contributed by atoms with van der Waals surface area (Å²) in [6, 6.07) is 11.4. The second-order valence-electron chi connectivity index (χ2n) is 4.96. The SMILES string of the molecule is CSc1ccc(Oc2ccc(/C(=N/O)N3CC=CC3)cn2)cc1. The summed E-state index contributed by atoms with van der Waals surface area (Å²) in [5, 5.41) is 12.6. The minimum absolute atomic E-state index is 0.502. The number of nitrogens with zero attached hydrogens (tertiary/aromatic N) is 3. The van der Waals surface area contributed by atoms with Gasteiger partial charge in [0.1, 0.15) is 5.75 Å². The lowest BCUT2D eigenvalue weighted by atomic mass is 10.2. The van der Waals surface area contributed by atoms with Gasteiger partial charge in [0.25, 0.3) is 0 Å². The summed E-state index contributed by atoms with van der Waals surface area (Å²) in [6.45, 7) is 1.47. The van der Waals surface area contributed by atoms with Gasteiger partial charge in [0.2, 0.25) is 5.88 Å². The predicted molar refractivity (Wildman–Crippen MR) is 91.6 cm³/mol. The van der Waals surface area contributed by atoms with Gasteiger partial charge in [-0.05, 0) is 36.6 Å². The number of rotatable bonds is 4. The van der Waals surface area contributed by atoms with Crippen molar-refractivity contribution in [3.8, 4) is 11.6 Å². The maximum absolute atomic E-state index is 9.25. The second-order valence-corrected chi connectivity index (χ2v) is 5.84. The maximum Gasteiger partial charge on any atom is 0.219 e. The largest absolute Gasteiger partial charge is 0.439 e. The van der Waals surface area contributed by atoms with Gasteiger partial charge in [0, 0.05) is 35.8 Å². The van der Waals surface area contributed by atoms with Crippen molar-refractivity contribution in [2.75, 3.05) is 19.3 Å². The Balaban J connectivity index is 1.70. The first-order valence-corrected chi connectivity index (χ1v) is 8.43. The van der Waals surface area contributed by atoms with Crippen molar-refractivity contribution in [1.82, 2.24) is 9.88 Å². The maximum atomic E-state index is 9.25. The van der Waals surface area contributed by atoms with Gasteiger partial charge in [-0.3, -0.25) is 0 Å². The van der Waals surface area contributed by atoms with Gasteiger partial charge in [-0.1, -0.05) is 17.3 Å². The first kappa shape index (κ1) is 15.4. The van der Waals surface area contributed by atoms with E-state index in [-0.39, 0.29) is 0 Å². The number of aromatic nitrogens is 1. The number of hydrogen-bond acceptors (Lipinski definition) is 5. The monoisotopic (exact) mass is 327 g/mol. The highest BCUT2D eigenvalue weighted by atomic mass is 32.2. The molecule has 0 amide bonds. The zero-order chi connectivity index (χ0) is 16.1. The van der Waals surface area contributed by atoms with Crippen LogP contribution in [0.15, 0.2) is 64.8 Å². The molecule has 0 bridgehead atoms. The summed E-state index contributed by atoms with van der Waals surface area (Å²) in [6.07, 6.45) is 7.76. The summed E-state index contributed by atoms with van der Waals surface area (Å²) in [5.41, 5.74) is 0.751. The van der Waals surface area contributed by atoms with Crippen LogP contribution in [0, 0.1) is 0 Å². The Morgan fingerprint density at radius 1 is 1.17 bits per heavy atom. The third-order valence-electron chi connectivity index (χ3n) is 3.49. The van der Waals surface area contributed by atoms with Crippen LogP contribution in [-0.2, 0) is 0 Å². The fraction of sp³-hybridized carbons (Fsp3) is 0.176. The van der Waals surface area contributed by atoms with E-state index in [9.17, 15) is 5.21 Å². The number of thioether (sulfide) groups is 1. The molecular formula is C17H17N3O2S. The van der Waals surface area contributed by atoms with E-state index in [0.29, 0.717) is 11.7 Å². The van der Waals surface area contributed by atoms with Crippen LogP contribution in [-0.4, -0.2) is 40.3 Å². The van der Waals surface area contributed by atoms with Gasteiger partial charge in [0.05, 0.1) is 0 Å². The summed E-state index contributed by atoms with van der Waals surface area (Å²) in [7, 11) is 0. The van der Waals surface area contributed by atoms with E-state index in [1.165, 1.54) is 4.90 Å². The van der Waals surface area contributed by atoms with E-state index in [1.807, 2.05) is 53.6 Å². The third-order valence-corrected chi connectivity index (χ3v) is 4.23. The van der Waals surface area contributed by atoms with Crippen molar-refractivity contribution in [3.63, 3.8) is 0 Å². The lowest BCUT2D eigenvalue weighted by Crippen LogP contribution is -2.29. The average molecular weight is 327 g/mol. The normalized spacial score (nSPS) is 14.3. The highest BCUT2D eigenvalue weighted by molar-refractivity contribution is 7.98. The summed E-state index contributed by atoms with van der Waals surface area (Å²) < 4.78 is 5.72. The molecule has 5 nitrogen and oxygen atoms in total. The number of benzene rings is 1. The van der Waals surface area contributed by atoms with Gasteiger partial charge < -0.3 is 14.8 Å². The molecule has 1 N–H and O–H groups in total. The Labute approximate surface area is 139 Å². The lowest BCUT2D eigenvalue weighted by molar-refractivity contribution is 0.308. The molecule has 0 aliphatic carbocycles. The standard InChI is InChI=1S/C17H17N3O2S/c1-23-15-7-5-14(6-8-15)22-16-9-4-13(12-18-16)17(19-21)20-10-2-3-11-20/h2-9,12,21H,10-11H2,1H3/b19-17-. The Morgan fingerprint density at radius 3 is 2.48 bits per heavy atom. The molecule has 1 aliphatic heterocycles. The molecule has 1 aliphatic rings. The van der Waals surface area contributed by atoms with Crippen LogP contribution in [0.5, 0.6) is 11.6 Å². The molecule has 1 aromatic heterocycles. The van der Waals surface area contributed by atoms with E-state index in [1.54, 1.807) is 24.0 Å². The summed E-state index contributed by atoms with van der Waals surface area (Å²) >= 11 is 1.69. The van der Waals surface area contributed by atoms with E-state index >= 15 is 0 Å². The molecule has 0 saturated heterocycles. The molecular weight excluding hydrogens is 310 g/mol. The van der Waals surface area contributed by atoms with E-state index < -0.39 is 0 Å². The first-order valence-electron chi connectivity index (χ1n) is 7.20. The highest BCUT2D eigenvalue weighted by Crippen LogP contribution is 2.23. The minimum Gasteiger partial charge on any atom is -0.439 e. The van der Waals surface area contributed by atoms with Crippen molar-refractivity contribution in [2.24, 2.45) is 5.16 Å². The molecule has 0 saturated carbocycles. The molecule has 2 aromatic rings. The van der Waals surface area contributed by atoms with Crippen molar-refractivity contribution in [3.05, 3.63) is 60.3 Å². The second kappa shape index (κ2) is 7.19. The van der Waals surface area contributed by atoms with Crippen LogP contribution in [0.4, 0.5) is 0 Å². The summed E-state index contributed by atoms with van der Waals surface area (Å²) in [4.78, 5) is 7.43. The van der Waals surface area contributed by atoms with Crippen LogP contribution in [0.25, 0.3) is 0 Å². The van der Waals surface area contributed by atoms with Crippen LogP contribution < -0.4 is 4.74 Å². The zero-order valence-corrected chi connectivity index (χ0v) is 13.5. The van der Waals surface area contributed by atoms with E-state index in [2.05, 4.69) is 10.1 Å². The fourth-order valence-electron chi connectivity index (χ4n) is 2.29. The Hall–Kier alpha value is -2.47. The van der Waals surface area contributed by atoms with Crippen LogP contribution in [0.2, 0.25) is 0 Å². The average Bonchev–Trinajstić information content (AvgIpc) is 3.12. The van der Waals surface area contributed by atoms with E-state index in [0.717, 1.165) is 24.4 Å². The van der Waals surface area contributed by atoms with Gasteiger partial charge in [-0.25, -0.2) is 4.98 Å². The van der Waals surface area contributed by atoms with Gasteiger partial charge in [0.15, 0.2) is 5.84 Å². The summed E-state index contributed by atoms with van der Waals surface area (Å²) in [5.74, 6) is 1.75. The molecule has 0 fully saturated rings. The van der Waals surface area contributed by atoms with E-state index in [4.69, 9.17) is 4.74 Å². The lowest BCUT2D eigenvalue weighted by Gasteiger charge is -2.18. The first-order chi connectivity index (χ1) is 11.3. The molecule has 6 heteroatoms. The molecule has 0 unspecified atom stereocenters. The number of pyridine rings is 1. The Kier molecular flexibility index (Phi) is 4.83. The van der Waals surface area contributed by atoms with Crippen LogP contribution >= 0.6 is 11.8 Å². The van der Waals surface area contributed by atoms with Crippen LogP contribution in [0.3, 0.4) is 0 Å². The zero-order valence-electron chi connectivity index (χ0n) is 12.7. The quantitative estimate of drug-likeness (QED) is 0.232. The molecule has 0 radical (unpaired) electrons. The van der Waals surface area contributed by atoms with Crippen molar-refractivity contribution < 1.29 is 9.94 Å². The number of amidine groups is 1. The number of ether oxygens (including phenoxy) is 1. The van der Waals surface area contributed by atoms with Gasteiger partial charge in [-0.2, -0.15) is 0 Å². The molecule has 0 atom stereocenters. The number of hydrogen-bond donors (Lipinski definition) is 1. The smallest absolute Gasteiger partial charge is 0.219 e. The van der Waals surface area contributed by atoms with Gasteiger partial charge >= 0.3 is 0 Å². The minimum atomic E-state index is 0.502. The van der Waals surface area contributed by atoms with Crippen molar-refractivity contribution in [2.45, 2.75) is 4.90 Å². The Morgan fingerprint density at radius 2 is 1.91 bits per heavy atom. The molecule has 0 spiro atoms. The molecule has 2 heterocycles. The highest BCUT2D eigenvalue weighted by Gasteiger charge is 2.15. The molecule has 23 heavy (non-hydrogen) atoms. The van der Waals surface area contributed by atoms with Crippen molar-refractivity contribution >= 4 is 17.6 Å². The topological polar surface area (TPSA) is 58.0 Å².